The fraction of sp³-hybridized carbons (Fsp3) is 0.769. The highest BCUT2D eigenvalue weighted by Crippen LogP contribution is 2.15. The van der Waals surface area contributed by atoms with Crippen LogP contribution >= 0.6 is 0 Å². The fourth-order valence-corrected chi connectivity index (χ4v) is 2.67. The third-order valence-electron chi connectivity index (χ3n) is 3.64. The number of nitrogens with zero attached hydrogens (tertiary/aromatic N) is 3. The molecule has 1 N–H and O–H groups in total. The molecule has 0 amide bonds. The number of aryl methyl sites for hydroxylation is 2. The van der Waals surface area contributed by atoms with Crippen molar-refractivity contribution in [2.75, 3.05) is 13.1 Å². The Morgan fingerprint density at radius 3 is 2.59 bits per heavy atom. The van der Waals surface area contributed by atoms with Gasteiger partial charge in [0.15, 0.2) is 0 Å². The molecule has 1 saturated heterocycles. The van der Waals surface area contributed by atoms with Crippen molar-refractivity contribution >= 4 is 0 Å². The molecule has 0 radical (unpaired) electrons. The van der Waals surface area contributed by atoms with Crippen LogP contribution in [0.15, 0.2) is 6.07 Å². The number of hydrogen-bond donors (Lipinski definition) is 1. The van der Waals surface area contributed by atoms with Crippen molar-refractivity contribution in [1.82, 2.24) is 20.0 Å². The van der Waals surface area contributed by atoms with E-state index in [4.69, 9.17) is 0 Å². The minimum Gasteiger partial charge on any atom is -0.314 e. The maximum atomic E-state index is 4.52. The molecule has 2 heterocycles. The lowest BCUT2D eigenvalue weighted by molar-refractivity contribution is 0.105. The van der Waals surface area contributed by atoms with Crippen LogP contribution in [0.4, 0.5) is 0 Å². The first-order valence-corrected chi connectivity index (χ1v) is 6.61. The molecule has 1 aromatic rings. The van der Waals surface area contributed by atoms with Crippen LogP contribution < -0.4 is 5.32 Å². The van der Waals surface area contributed by atoms with Crippen LogP contribution in [0.3, 0.4) is 0 Å². The summed E-state index contributed by atoms with van der Waals surface area (Å²) < 4.78 is 2.12. The standard InChI is InChI=1S/C13H24N4/c1-5-17-13(6-10(2)15-17)9-16-11(3)7-14-8-12(16)4/h6,11-12,14H,5,7-9H2,1-4H3. The number of piperazine rings is 1. The van der Waals surface area contributed by atoms with Gasteiger partial charge in [0.1, 0.15) is 0 Å². The van der Waals surface area contributed by atoms with E-state index in [1.165, 1.54) is 5.69 Å². The molecule has 2 atom stereocenters. The highest BCUT2D eigenvalue weighted by Gasteiger charge is 2.25. The van der Waals surface area contributed by atoms with Crippen molar-refractivity contribution in [2.45, 2.75) is 52.9 Å². The predicted octanol–water partition coefficient (Wildman–Crippen LogP) is 1.39. The topological polar surface area (TPSA) is 33.1 Å². The van der Waals surface area contributed by atoms with Gasteiger partial charge < -0.3 is 5.32 Å². The lowest BCUT2D eigenvalue weighted by atomic mass is 10.1. The quantitative estimate of drug-likeness (QED) is 0.861. The van der Waals surface area contributed by atoms with Gasteiger partial charge >= 0.3 is 0 Å². The molecule has 17 heavy (non-hydrogen) atoms. The highest BCUT2D eigenvalue weighted by atomic mass is 15.3. The third kappa shape index (κ3) is 2.69. The summed E-state index contributed by atoms with van der Waals surface area (Å²) in [5.74, 6) is 0. The second kappa shape index (κ2) is 5.19. The summed E-state index contributed by atoms with van der Waals surface area (Å²) in [6, 6.07) is 3.41. The molecule has 4 nitrogen and oxygen atoms in total. The van der Waals surface area contributed by atoms with Crippen LogP contribution in [-0.2, 0) is 13.1 Å². The SMILES string of the molecule is CCn1nc(C)cc1CN1C(C)CNCC1C. The normalized spacial score (nSPS) is 26.4. The summed E-state index contributed by atoms with van der Waals surface area (Å²) in [6.45, 7) is 13.0. The summed E-state index contributed by atoms with van der Waals surface area (Å²) in [7, 11) is 0. The molecule has 0 aromatic carbocycles. The van der Waals surface area contributed by atoms with Crippen LogP contribution in [-0.4, -0.2) is 39.9 Å². The molecule has 0 spiro atoms. The highest BCUT2D eigenvalue weighted by molar-refractivity contribution is 5.09. The lowest BCUT2D eigenvalue weighted by Gasteiger charge is -2.39. The molecule has 0 aliphatic carbocycles. The van der Waals surface area contributed by atoms with E-state index in [1.807, 2.05) is 0 Å². The molecule has 4 heteroatoms. The van der Waals surface area contributed by atoms with Crippen LogP contribution in [0, 0.1) is 6.92 Å². The van der Waals surface area contributed by atoms with Gasteiger partial charge in [0.2, 0.25) is 0 Å². The van der Waals surface area contributed by atoms with Gasteiger partial charge in [-0.3, -0.25) is 9.58 Å². The monoisotopic (exact) mass is 236 g/mol. The van der Waals surface area contributed by atoms with E-state index in [0.29, 0.717) is 12.1 Å². The number of aromatic nitrogens is 2. The van der Waals surface area contributed by atoms with E-state index in [1.54, 1.807) is 0 Å². The van der Waals surface area contributed by atoms with Gasteiger partial charge in [0.05, 0.1) is 11.4 Å². The molecular formula is C13H24N4. The average molecular weight is 236 g/mol. The Hall–Kier alpha value is -0.870. The van der Waals surface area contributed by atoms with Gasteiger partial charge in [0.25, 0.3) is 0 Å². The second-order valence-corrected chi connectivity index (χ2v) is 5.12. The Kier molecular flexibility index (Phi) is 3.84. The molecule has 1 fully saturated rings. The van der Waals surface area contributed by atoms with Crippen LogP contribution in [0.1, 0.15) is 32.2 Å². The van der Waals surface area contributed by atoms with Crippen LogP contribution in [0.25, 0.3) is 0 Å². The molecule has 1 aromatic heterocycles. The van der Waals surface area contributed by atoms with Crippen molar-refractivity contribution < 1.29 is 0 Å². The zero-order valence-electron chi connectivity index (χ0n) is 11.4. The molecule has 96 valence electrons. The van der Waals surface area contributed by atoms with Crippen LogP contribution in [0.2, 0.25) is 0 Å². The molecule has 1 aliphatic rings. The second-order valence-electron chi connectivity index (χ2n) is 5.12. The van der Waals surface area contributed by atoms with Crippen molar-refractivity contribution in [3.63, 3.8) is 0 Å². The number of rotatable bonds is 3. The Morgan fingerprint density at radius 2 is 2.00 bits per heavy atom. The zero-order valence-corrected chi connectivity index (χ0v) is 11.4. The minimum atomic E-state index is 0.597. The summed E-state index contributed by atoms with van der Waals surface area (Å²) in [5.41, 5.74) is 2.46. The van der Waals surface area contributed by atoms with Gasteiger partial charge in [-0.2, -0.15) is 5.10 Å². The zero-order chi connectivity index (χ0) is 12.4. The Bertz CT molecular complexity index is 361. The summed E-state index contributed by atoms with van der Waals surface area (Å²) in [4.78, 5) is 2.57. The summed E-state index contributed by atoms with van der Waals surface area (Å²) >= 11 is 0. The summed E-state index contributed by atoms with van der Waals surface area (Å²) in [6.07, 6.45) is 0. The Morgan fingerprint density at radius 1 is 1.35 bits per heavy atom. The van der Waals surface area contributed by atoms with E-state index in [2.05, 4.69) is 53.8 Å². The van der Waals surface area contributed by atoms with Crippen molar-refractivity contribution in [3.8, 4) is 0 Å². The van der Waals surface area contributed by atoms with Gasteiger partial charge in [-0.25, -0.2) is 0 Å². The number of nitrogens with one attached hydrogen (secondary N) is 1. The van der Waals surface area contributed by atoms with Crippen molar-refractivity contribution in [3.05, 3.63) is 17.5 Å². The minimum absolute atomic E-state index is 0.597. The van der Waals surface area contributed by atoms with Gasteiger partial charge in [0, 0.05) is 38.3 Å². The Labute approximate surface area is 104 Å². The first-order chi connectivity index (χ1) is 8.11. The summed E-state index contributed by atoms with van der Waals surface area (Å²) in [5, 5.41) is 7.99. The van der Waals surface area contributed by atoms with Crippen molar-refractivity contribution in [1.29, 1.82) is 0 Å². The van der Waals surface area contributed by atoms with E-state index in [9.17, 15) is 0 Å². The maximum absolute atomic E-state index is 4.52. The van der Waals surface area contributed by atoms with Gasteiger partial charge in [-0.1, -0.05) is 0 Å². The van der Waals surface area contributed by atoms with Gasteiger partial charge in [-0.15, -0.1) is 0 Å². The van der Waals surface area contributed by atoms with Gasteiger partial charge in [-0.05, 0) is 33.8 Å². The van der Waals surface area contributed by atoms with Crippen molar-refractivity contribution in [2.24, 2.45) is 0 Å². The molecule has 0 bridgehead atoms. The molecule has 1 aliphatic heterocycles. The first kappa shape index (κ1) is 12.6. The first-order valence-electron chi connectivity index (χ1n) is 6.61. The van der Waals surface area contributed by atoms with E-state index >= 15 is 0 Å². The van der Waals surface area contributed by atoms with E-state index < -0.39 is 0 Å². The fourth-order valence-electron chi connectivity index (χ4n) is 2.67. The smallest absolute Gasteiger partial charge is 0.0597 e. The number of hydrogen-bond acceptors (Lipinski definition) is 3. The van der Waals surface area contributed by atoms with E-state index in [-0.39, 0.29) is 0 Å². The van der Waals surface area contributed by atoms with E-state index in [0.717, 1.165) is 31.9 Å². The molecule has 2 rings (SSSR count). The average Bonchev–Trinajstić information content (AvgIpc) is 2.64. The molecule has 2 unspecified atom stereocenters. The third-order valence-corrected chi connectivity index (χ3v) is 3.64. The largest absolute Gasteiger partial charge is 0.314 e. The maximum Gasteiger partial charge on any atom is 0.0597 e. The molecular weight excluding hydrogens is 212 g/mol. The molecule has 0 saturated carbocycles. The van der Waals surface area contributed by atoms with Crippen LogP contribution in [0.5, 0.6) is 0 Å². The lowest BCUT2D eigenvalue weighted by Crippen LogP contribution is -2.54. The predicted molar refractivity (Wildman–Crippen MR) is 70.0 cm³/mol. The Balaban J connectivity index is 2.12.